The van der Waals surface area contributed by atoms with Gasteiger partial charge in [-0.2, -0.15) is 0 Å². The van der Waals surface area contributed by atoms with Gasteiger partial charge in [0.2, 0.25) is 0 Å². The average molecular weight is 430 g/mol. The van der Waals surface area contributed by atoms with Crippen LogP contribution in [0.1, 0.15) is 55.9 Å². The van der Waals surface area contributed by atoms with Gasteiger partial charge in [-0.15, -0.1) is 0 Å². The second-order valence-corrected chi connectivity index (χ2v) is 6.71. The minimum atomic E-state index is -0.910. The maximum Gasteiger partial charge on any atom is 0.335 e. The van der Waals surface area contributed by atoms with Crippen LogP contribution in [0.15, 0.2) is 92.0 Å². The molecule has 0 saturated heterocycles. The van der Waals surface area contributed by atoms with Crippen LogP contribution in [-0.4, -0.2) is 15.6 Å². The van der Waals surface area contributed by atoms with Gasteiger partial charge < -0.3 is 9.67 Å². The third kappa shape index (κ3) is 6.98. The van der Waals surface area contributed by atoms with Crippen molar-refractivity contribution in [2.24, 2.45) is 0 Å². The van der Waals surface area contributed by atoms with Crippen LogP contribution in [0.2, 0.25) is 0 Å². The van der Waals surface area contributed by atoms with Crippen molar-refractivity contribution in [3.63, 3.8) is 0 Å². The molecule has 0 saturated carbocycles. The SMILES string of the molecule is C/C=C/c1cc(-c2ccccc2)c(CCC)n1-c1cccc(C(=O)O)c1.C=CC=C.CC. The van der Waals surface area contributed by atoms with Gasteiger partial charge in [-0.3, -0.25) is 0 Å². The first kappa shape index (κ1) is 26.4. The van der Waals surface area contributed by atoms with Crippen molar-refractivity contribution in [1.82, 2.24) is 4.57 Å². The highest BCUT2D eigenvalue weighted by Crippen LogP contribution is 2.32. The summed E-state index contributed by atoms with van der Waals surface area (Å²) in [5, 5.41) is 9.36. The molecule has 0 radical (unpaired) electrons. The number of carboxylic acids is 1. The van der Waals surface area contributed by atoms with Crippen LogP contribution < -0.4 is 0 Å². The quantitative estimate of drug-likeness (QED) is 0.384. The molecular weight excluding hydrogens is 394 g/mol. The fraction of sp³-hybridized carbons (Fsp3) is 0.207. The van der Waals surface area contributed by atoms with Gasteiger partial charge >= 0.3 is 5.97 Å². The molecule has 32 heavy (non-hydrogen) atoms. The highest BCUT2D eigenvalue weighted by Gasteiger charge is 2.17. The number of hydrogen-bond donors (Lipinski definition) is 1. The van der Waals surface area contributed by atoms with Crippen LogP contribution >= 0.6 is 0 Å². The van der Waals surface area contributed by atoms with Crippen LogP contribution in [0, 0.1) is 0 Å². The van der Waals surface area contributed by atoms with Gasteiger partial charge in [0.25, 0.3) is 0 Å². The molecule has 0 amide bonds. The molecule has 1 heterocycles. The highest BCUT2D eigenvalue weighted by atomic mass is 16.4. The van der Waals surface area contributed by atoms with Gasteiger partial charge in [0.1, 0.15) is 0 Å². The van der Waals surface area contributed by atoms with Crippen molar-refractivity contribution in [3.8, 4) is 16.8 Å². The molecule has 3 aromatic rings. The van der Waals surface area contributed by atoms with Gasteiger partial charge in [0.05, 0.1) is 5.56 Å². The smallest absolute Gasteiger partial charge is 0.335 e. The molecule has 0 fully saturated rings. The summed E-state index contributed by atoms with van der Waals surface area (Å²) in [4.78, 5) is 11.4. The van der Waals surface area contributed by atoms with Gasteiger partial charge in [0, 0.05) is 22.6 Å². The Hall–Kier alpha value is -3.59. The Bertz CT molecular complexity index is 1020. The molecule has 3 nitrogen and oxygen atoms in total. The van der Waals surface area contributed by atoms with Crippen molar-refractivity contribution in [2.75, 3.05) is 0 Å². The normalized spacial score (nSPS) is 9.88. The lowest BCUT2D eigenvalue weighted by molar-refractivity contribution is 0.0697. The molecule has 0 aliphatic heterocycles. The van der Waals surface area contributed by atoms with Crippen molar-refractivity contribution >= 4 is 12.0 Å². The molecule has 0 atom stereocenters. The summed E-state index contributed by atoms with van der Waals surface area (Å²) in [6, 6.07) is 19.7. The largest absolute Gasteiger partial charge is 0.478 e. The Kier molecular flexibility index (Phi) is 11.9. The first-order valence-corrected chi connectivity index (χ1v) is 11.1. The number of carbonyl (C=O) groups is 1. The van der Waals surface area contributed by atoms with E-state index in [0.29, 0.717) is 5.56 Å². The first-order valence-electron chi connectivity index (χ1n) is 11.1. The molecule has 0 aliphatic rings. The third-order valence-corrected chi connectivity index (χ3v) is 4.56. The van der Waals surface area contributed by atoms with Gasteiger partial charge in [-0.05, 0) is 49.2 Å². The predicted molar refractivity (Wildman–Crippen MR) is 139 cm³/mol. The Morgan fingerprint density at radius 3 is 2.19 bits per heavy atom. The summed E-state index contributed by atoms with van der Waals surface area (Å²) in [7, 11) is 0. The monoisotopic (exact) mass is 429 g/mol. The van der Waals surface area contributed by atoms with E-state index in [9.17, 15) is 9.90 Å². The maximum absolute atomic E-state index is 11.4. The molecule has 2 aromatic carbocycles. The summed E-state index contributed by atoms with van der Waals surface area (Å²) in [5.41, 5.74) is 5.80. The van der Waals surface area contributed by atoms with E-state index >= 15 is 0 Å². The lowest BCUT2D eigenvalue weighted by atomic mass is 10.0. The number of aromatic nitrogens is 1. The van der Waals surface area contributed by atoms with Crippen molar-refractivity contribution in [1.29, 1.82) is 0 Å². The second-order valence-electron chi connectivity index (χ2n) is 6.71. The molecule has 0 spiro atoms. The fourth-order valence-corrected chi connectivity index (χ4v) is 3.30. The summed E-state index contributed by atoms with van der Waals surface area (Å²) < 4.78 is 2.18. The zero-order valence-corrected chi connectivity index (χ0v) is 19.7. The van der Waals surface area contributed by atoms with Gasteiger partial charge in [-0.25, -0.2) is 4.79 Å². The van der Waals surface area contributed by atoms with E-state index < -0.39 is 5.97 Å². The Balaban J connectivity index is 0.000000769. The van der Waals surface area contributed by atoms with Crippen molar-refractivity contribution in [3.05, 3.63) is 109 Å². The Labute approximate surface area is 193 Å². The third-order valence-electron chi connectivity index (χ3n) is 4.56. The predicted octanol–water partition coefficient (Wildman–Crippen LogP) is 8.21. The van der Waals surface area contributed by atoms with Crippen molar-refractivity contribution in [2.45, 2.75) is 40.5 Å². The first-order chi connectivity index (χ1) is 15.6. The van der Waals surface area contributed by atoms with Gasteiger partial charge in [0.15, 0.2) is 0 Å². The van der Waals surface area contributed by atoms with Crippen LogP contribution in [0.5, 0.6) is 0 Å². The van der Waals surface area contributed by atoms with E-state index in [-0.39, 0.29) is 0 Å². The van der Waals surface area contributed by atoms with E-state index in [1.807, 2.05) is 51.1 Å². The summed E-state index contributed by atoms with van der Waals surface area (Å²) in [6.45, 7) is 14.9. The number of aromatic carboxylic acids is 1. The molecule has 0 unspecified atom stereocenters. The Morgan fingerprint density at radius 2 is 1.66 bits per heavy atom. The van der Waals surface area contributed by atoms with E-state index in [4.69, 9.17) is 0 Å². The number of allylic oxidation sites excluding steroid dienone is 3. The molecule has 3 rings (SSSR count). The topological polar surface area (TPSA) is 42.2 Å². The zero-order chi connectivity index (χ0) is 23.9. The molecular formula is C29H35NO2. The minimum Gasteiger partial charge on any atom is -0.478 e. The number of benzene rings is 2. The Morgan fingerprint density at radius 1 is 1.00 bits per heavy atom. The maximum atomic E-state index is 11.4. The number of rotatable bonds is 7. The molecule has 1 aromatic heterocycles. The molecule has 3 heteroatoms. The molecule has 168 valence electrons. The minimum absolute atomic E-state index is 0.298. The average Bonchev–Trinajstić information content (AvgIpc) is 3.19. The van der Waals surface area contributed by atoms with Crippen LogP contribution in [-0.2, 0) is 6.42 Å². The summed E-state index contributed by atoms with van der Waals surface area (Å²) in [6.07, 6.45) is 9.28. The van der Waals surface area contributed by atoms with E-state index in [2.05, 4.69) is 48.9 Å². The molecule has 0 bridgehead atoms. The second kappa shape index (κ2) is 14.4. The highest BCUT2D eigenvalue weighted by molar-refractivity contribution is 5.88. The number of hydrogen-bond acceptors (Lipinski definition) is 1. The van der Waals surface area contributed by atoms with E-state index in [1.54, 1.807) is 30.4 Å². The van der Waals surface area contributed by atoms with Crippen LogP contribution in [0.3, 0.4) is 0 Å². The molecule has 0 aliphatic carbocycles. The van der Waals surface area contributed by atoms with E-state index in [0.717, 1.165) is 24.2 Å². The van der Waals surface area contributed by atoms with Gasteiger partial charge in [-0.1, -0.05) is 95.0 Å². The summed E-state index contributed by atoms with van der Waals surface area (Å²) >= 11 is 0. The van der Waals surface area contributed by atoms with Crippen molar-refractivity contribution < 1.29 is 9.90 Å². The lowest BCUT2D eigenvalue weighted by Crippen LogP contribution is -2.05. The number of carboxylic acid groups (broad SMARTS) is 1. The van der Waals surface area contributed by atoms with E-state index in [1.165, 1.54) is 16.8 Å². The van der Waals surface area contributed by atoms with Crippen LogP contribution in [0.25, 0.3) is 22.9 Å². The fourth-order valence-electron chi connectivity index (χ4n) is 3.30. The standard InChI is InChI=1S/C23H23NO2.C4H6.C2H6/c1-3-9-19-16-21(17-11-6-5-7-12-17)22(10-4-2)24(19)20-14-8-13-18(15-20)23(25)26;1-3-4-2;1-2/h3,5-9,11-16H,4,10H2,1-2H3,(H,25,26);3-4H,1-2H2;1-2H3/b9-3+;;. The lowest BCUT2D eigenvalue weighted by Gasteiger charge is -2.14. The molecule has 1 N–H and O–H groups in total. The zero-order valence-electron chi connectivity index (χ0n) is 19.7. The number of nitrogens with zero attached hydrogens (tertiary/aromatic N) is 1. The van der Waals surface area contributed by atoms with Crippen LogP contribution in [0.4, 0.5) is 0 Å². The summed E-state index contributed by atoms with van der Waals surface area (Å²) in [5.74, 6) is -0.910.